The summed E-state index contributed by atoms with van der Waals surface area (Å²) in [5, 5.41) is 0. The molecule has 1 aliphatic rings. The summed E-state index contributed by atoms with van der Waals surface area (Å²) in [5.41, 5.74) is 1.26. The second-order valence-electron chi connectivity index (χ2n) is 5.22. The molecule has 1 aliphatic heterocycles. The molecular formula is C15H18BrNO4. The van der Waals surface area contributed by atoms with E-state index < -0.39 is 5.97 Å². The van der Waals surface area contributed by atoms with Crippen LogP contribution in [0.1, 0.15) is 29.3 Å². The number of methoxy groups -OCH3 is 2. The zero-order valence-electron chi connectivity index (χ0n) is 12.3. The number of likely N-dealkylation sites (tertiary alicyclic amines) is 1. The van der Waals surface area contributed by atoms with Crippen LogP contribution in [0.5, 0.6) is 5.75 Å². The molecular weight excluding hydrogens is 338 g/mol. The van der Waals surface area contributed by atoms with Gasteiger partial charge in [0.15, 0.2) is 0 Å². The zero-order chi connectivity index (χ0) is 15.6. The van der Waals surface area contributed by atoms with Crippen molar-refractivity contribution in [3.8, 4) is 5.75 Å². The fourth-order valence-corrected chi connectivity index (χ4v) is 3.06. The Hall–Kier alpha value is -1.56. The van der Waals surface area contributed by atoms with Crippen molar-refractivity contribution in [2.75, 3.05) is 20.8 Å². The van der Waals surface area contributed by atoms with E-state index in [4.69, 9.17) is 9.47 Å². The average molecular weight is 356 g/mol. The maximum absolute atomic E-state index is 11.9. The Morgan fingerprint density at radius 2 is 2.14 bits per heavy atom. The molecule has 1 aromatic carbocycles. The van der Waals surface area contributed by atoms with Crippen LogP contribution in [0.3, 0.4) is 0 Å². The van der Waals surface area contributed by atoms with Crippen molar-refractivity contribution in [1.82, 2.24) is 4.90 Å². The lowest BCUT2D eigenvalue weighted by atomic mass is 10.1. The van der Waals surface area contributed by atoms with E-state index >= 15 is 0 Å². The van der Waals surface area contributed by atoms with E-state index in [1.807, 2.05) is 4.90 Å². The number of ether oxygens (including phenoxy) is 2. The first-order valence-electron chi connectivity index (χ1n) is 6.68. The average Bonchev–Trinajstić information content (AvgIpc) is 2.76. The second kappa shape index (κ2) is 6.47. The third kappa shape index (κ3) is 3.37. The van der Waals surface area contributed by atoms with Crippen LogP contribution in [0.15, 0.2) is 16.6 Å². The lowest BCUT2D eigenvalue weighted by molar-refractivity contribution is -0.128. The normalized spacial score (nSPS) is 18.0. The van der Waals surface area contributed by atoms with Gasteiger partial charge in [0.2, 0.25) is 5.91 Å². The molecule has 0 N–H and O–H groups in total. The van der Waals surface area contributed by atoms with Crippen LogP contribution >= 0.6 is 15.9 Å². The highest BCUT2D eigenvalue weighted by Gasteiger charge is 2.27. The molecule has 0 saturated carbocycles. The molecule has 1 amide bonds. The molecule has 5 nitrogen and oxygen atoms in total. The van der Waals surface area contributed by atoms with Crippen molar-refractivity contribution >= 4 is 27.8 Å². The number of esters is 1. The standard InChI is InChI=1S/C15H18BrNO4/c1-9-4-14(18)17(7-9)8-10-5-12(16)11(15(19)21-3)6-13(10)20-2/h5-6,9H,4,7-8H2,1-3H3. The molecule has 1 unspecified atom stereocenters. The van der Waals surface area contributed by atoms with Crippen LogP contribution in [-0.4, -0.2) is 37.5 Å². The Balaban J connectivity index is 2.29. The topological polar surface area (TPSA) is 55.8 Å². The van der Waals surface area contributed by atoms with Gasteiger partial charge in [-0.3, -0.25) is 4.79 Å². The minimum absolute atomic E-state index is 0.151. The predicted molar refractivity (Wildman–Crippen MR) is 81.2 cm³/mol. The van der Waals surface area contributed by atoms with Gasteiger partial charge < -0.3 is 14.4 Å². The van der Waals surface area contributed by atoms with E-state index in [0.717, 1.165) is 12.1 Å². The van der Waals surface area contributed by atoms with Gasteiger partial charge in [-0.15, -0.1) is 0 Å². The molecule has 0 radical (unpaired) electrons. The highest BCUT2D eigenvalue weighted by molar-refractivity contribution is 9.10. The fraction of sp³-hybridized carbons (Fsp3) is 0.467. The van der Waals surface area contributed by atoms with Gasteiger partial charge in [-0.25, -0.2) is 4.79 Å². The first kappa shape index (κ1) is 15.8. The van der Waals surface area contributed by atoms with Crippen LogP contribution in [0.4, 0.5) is 0 Å². The van der Waals surface area contributed by atoms with Crippen molar-refractivity contribution < 1.29 is 19.1 Å². The van der Waals surface area contributed by atoms with Crippen LogP contribution in [0, 0.1) is 5.92 Å². The Labute approximate surface area is 132 Å². The van der Waals surface area contributed by atoms with Crippen molar-refractivity contribution in [2.45, 2.75) is 19.9 Å². The number of hydrogen-bond acceptors (Lipinski definition) is 4. The SMILES string of the molecule is COC(=O)c1cc(OC)c(CN2CC(C)CC2=O)cc1Br. The molecule has 0 spiro atoms. The molecule has 1 atom stereocenters. The molecule has 1 fully saturated rings. The molecule has 1 saturated heterocycles. The molecule has 21 heavy (non-hydrogen) atoms. The van der Waals surface area contributed by atoms with E-state index in [1.54, 1.807) is 19.2 Å². The van der Waals surface area contributed by atoms with E-state index in [0.29, 0.717) is 34.7 Å². The highest BCUT2D eigenvalue weighted by Crippen LogP contribution is 2.30. The summed E-state index contributed by atoms with van der Waals surface area (Å²) in [6.45, 7) is 3.29. The number of rotatable bonds is 4. The van der Waals surface area contributed by atoms with Crippen molar-refractivity contribution in [3.63, 3.8) is 0 Å². The van der Waals surface area contributed by atoms with Crippen LogP contribution < -0.4 is 4.74 Å². The largest absolute Gasteiger partial charge is 0.496 e. The summed E-state index contributed by atoms with van der Waals surface area (Å²) in [6, 6.07) is 3.44. The predicted octanol–water partition coefficient (Wildman–Crippen LogP) is 2.61. The number of nitrogens with zero attached hydrogens (tertiary/aromatic N) is 1. The summed E-state index contributed by atoms with van der Waals surface area (Å²) in [6.07, 6.45) is 0.587. The number of halogens is 1. The van der Waals surface area contributed by atoms with Gasteiger partial charge in [-0.05, 0) is 34.0 Å². The molecule has 0 aliphatic carbocycles. The maximum Gasteiger partial charge on any atom is 0.339 e. The molecule has 114 valence electrons. The molecule has 2 rings (SSSR count). The van der Waals surface area contributed by atoms with E-state index in [1.165, 1.54) is 7.11 Å². The highest BCUT2D eigenvalue weighted by atomic mass is 79.9. The van der Waals surface area contributed by atoms with Gasteiger partial charge in [0.05, 0.1) is 19.8 Å². The van der Waals surface area contributed by atoms with Gasteiger partial charge in [-0.1, -0.05) is 6.92 Å². The minimum atomic E-state index is -0.433. The van der Waals surface area contributed by atoms with Crippen LogP contribution in [-0.2, 0) is 16.1 Å². The quantitative estimate of drug-likeness (QED) is 0.779. The molecule has 0 aromatic heterocycles. The Kier molecular flexibility index (Phi) is 4.88. The summed E-state index contributed by atoms with van der Waals surface area (Å²) < 4.78 is 10.7. The van der Waals surface area contributed by atoms with Gasteiger partial charge in [0.1, 0.15) is 5.75 Å². The van der Waals surface area contributed by atoms with Gasteiger partial charge >= 0.3 is 5.97 Å². The van der Waals surface area contributed by atoms with Crippen molar-refractivity contribution in [2.24, 2.45) is 5.92 Å². The van der Waals surface area contributed by atoms with Crippen LogP contribution in [0.2, 0.25) is 0 Å². The maximum atomic E-state index is 11.9. The third-order valence-electron chi connectivity index (χ3n) is 3.54. The Morgan fingerprint density at radius 1 is 1.43 bits per heavy atom. The number of amides is 1. The van der Waals surface area contributed by atoms with E-state index in [9.17, 15) is 9.59 Å². The minimum Gasteiger partial charge on any atom is -0.496 e. The number of carbonyl (C=O) groups is 2. The summed E-state index contributed by atoms with van der Waals surface area (Å²) in [7, 11) is 2.88. The lowest BCUT2D eigenvalue weighted by Gasteiger charge is -2.19. The summed E-state index contributed by atoms with van der Waals surface area (Å²) >= 11 is 3.37. The first-order chi connectivity index (χ1) is 9.96. The van der Waals surface area contributed by atoms with Crippen LogP contribution in [0.25, 0.3) is 0 Å². The molecule has 0 bridgehead atoms. The number of benzene rings is 1. The zero-order valence-corrected chi connectivity index (χ0v) is 13.9. The smallest absolute Gasteiger partial charge is 0.339 e. The number of hydrogen-bond donors (Lipinski definition) is 0. The second-order valence-corrected chi connectivity index (χ2v) is 6.07. The fourth-order valence-electron chi connectivity index (χ4n) is 2.50. The van der Waals surface area contributed by atoms with Gasteiger partial charge in [-0.2, -0.15) is 0 Å². The summed E-state index contributed by atoms with van der Waals surface area (Å²) in [4.78, 5) is 25.4. The van der Waals surface area contributed by atoms with Crippen molar-refractivity contribution in [1.29, 1.82) is 0 Å². The molecule has 6 heteroatoms. The molecule has 1 heterocycles. The third-order valence-corrected chi connectivity index (χ3v) is 4.20. The van der Waals surface area contributed by atoms with E-state index in [2.05, 4.69) is 22.9 Å². The monoisotopic (exact) mass is 355 g/mol. The lowest BCUT2D eigenvalue weighted by Crippen LogP contribution is -2.24. The summed E-state index contributed by atoms with van der Waals surface area (Å²) in [5.74, 6) is 0.669. The first-order valence-corrected chi connectivity index (χ1v) is 7.48. The number of carbonyl (C=O) groups excluding carboxylic acids is 2. The van der Waals surface area contributed by atoms with Crippen molar-refractivity contribution in [3.05, 3.63) is 27.7 Å². The Bertz CT molecular complexity index is 573. The van der Waals surface area contributed by atoms with Gasteiger partial charge in [0, 0.05) is 29.5 Å². The molecule has 1 aromatic rings. The van der Waals surface area contributed by atoms with E-state index in [-0.39, 0.29) is 5.91 Å². The Morgan fingerprint density at radius 3 is 2.67 bits per heavy atom. The van der Waals surface area contributed by atoms with Gasteiger partial charge in [0.25, 0.3) is 0 Å².